The van der Waals surface area contributed by atoms with Crippen LogP contribution in [0.4, 0.5) is 0 Å². The molecule has 3 aromatic carbocycles. The van der Waals surface area contributed by atoms with Gasteiger partial charge in [-0.25, -0.2) is 0 Å². The van der Waals surface area contributed by atoms with Gasteiger partial charge in [-0.1, -0.05) is 94.4 Å². The lowest BCUT2D eigenvalue weighted by Gasteiger charge is -2.35. The maximum absolute atomic E-state index is 11.1. The first-order chi connectivity index (χ1) is 18.0. The standard InChI is InChI=1S/C35H44O3/c1-8-34(38,9-2)19-18-28-16-17-30(20-24(28)5)35(10-3,11-4)31-21-25(6)33(26(7)22-31)29-14-12-27(13-15-29)23-32(36)37/h12-22,38H,8-11,23H2,1-7H3,(H,36,37)/b19-18+. The third-order valence-electron chi connectivity index (χ3n) is 8.51. The van der Waals surface area contributed by atoms with Crippen molar-refractivity contribution in [3.05, 3.63) is 99.6 Å². The van der Waals surface area contributed by atoms with Gasteiger partial charge in [-0.2, -0.15) is 0 Å². The van der Waals surface area contributed by atoms with Crippen LogP contribution in [-0.2, 0) is 16.6 Å². The molecule has 0 aromatic heterocycles. The molecule has 202 valence electrons. The van der Waals surface area contributed by atoms with Crippen molar-refractivity contribution in [2.75, 3.05) is 0 Å². The Kier molecular flexibility index (Phi) is 9.38. The average molecular weight is 513 g/mol. The summed E-state index contributed by atoms with van der Waals surface area (Å²) in [6, 6.07) is 19.4. The molecule has 0 unspecified atom stereocenters. The van der Waals surface area contributed by atoms with Crippen molar-refractivity contribution in [1.29, 1.82) is 0 Å². The molecule has 0 heterocycles. The first kappa shape index (κ1) is 29.4. The Labute approximate surface area is 229 Å². The molecule has 0 fully saturated rings. The van der Waals surface area contributed by atoms with Gasteiger partial charge < -0.3 is 10.2 Å². The summed E-state index contributed by atoms with van der Waals surface area (Å²) in [4.78, 5) is 11.1. The van der Waals surface area contributed by atoms with Crippen LogP contribution in [0.25, 0.3) is 17.2 Å². The molecule has 0 radical (unpaired) electrons. The quantitative estimate of drug-likeness (QED) is 0.270. The zero-order valence-electron chi connectivity index (χ0n) is 24.2. The summed E-state index contributed by atoms with van der Waals surface area (Å²) in [6.45, 7) is 15.1. The number of rotatable bonds is 11. The van der Waals surface area contributed by atoms with Gasteiger partial charge in [0.15, 0.2) is 0 Å². The fourth-order valence-corrected chi connectivity index (χ4v) is 5.78. The van der Waals surface area contributed by atoms with Crippen molar-refractivity contribution in [3.63, 3.8) is 0 Å². The number of aliphatic carboxylic acids is 1. The molecule has 0 saturated carbocycles. The van der Waals surface area contributed by atoms with E-state index in [0.717, 1.165) is 29.5 Å². The first-order valence-corrected chi connectivity index (χ1v) is 14.0. The van der Waals surface area contributed by atoms with Crippen molar-refractivity contribution in [1.82, 2.24) is 0 Å². The Morgan fingerprint density at radius 1 is 0.763 bits per heavy atom. The highest BCUT2D eigenvalue weighted by Crippen LogP contribution is 2.42. The summed E-state index contributed by atoms with van der Waals surface area (Å²) in [6.07, 6.45) is 7.44. The molecule has 0 spiro atoms. The molecule has 0 aliphatic rings. The van der Waals surface area contributed by atoms with Crippen molar-refractivity contribution in [2.24, 2.45) is 0 Å². The van der Waals surface area contributed by atoms with E-state index in [1.54, 1.807) is 0 Å². The Morgan fingerprint density at radius 3 is 1.79 bits per heavy atom. The minimum Gasteiger partial charge on any atom is -0.481 e. The number of hydrogen-bond donors (Lipinski definition) is 2. The van der Waals surface area contributed by atoms with Gasteiger partial charge in [0.05, 0.1) is 12.0 Å². The molecule has 2 N–H and O–H groups in total. The highest BCUT2D eigenvalue weighted by molar-refractivity contribution is 5.74. The fourth-order valence-electron chi connectivity index (χ4n) is 5.78. The van der Waals surface area contributed by atoms with E-state index in [0.29, 0.717) is 12.8 Å². The van der Waals surface area contributed by atoms with Gasteiger partial charge in [0.2, 0.25) is 0 Å². The summed E-state index contributed by atoms with van der Waals surface area (Å²) in [5, 5.41) is 19.8. The van der Waals surface area contributed by atoms with Crippen molar-refractivity contribution in [3.8, 4) is 11.1 Å². The molecule has 0 bridgehead atoms. The third kappa shape index (κ3) is 6.10. The molecular weight excluding hydrogens is 468 g/mol. The van der Waals surface area contributed by atoms with Crippen molar-refractivity contribution in [2.45, 2.75) is 91.6 Å². The summed E-state index contributed by atoms with van der Waals surface area (Å²) in [5.41, 5.74) is 9.76. The molecule has 3 aromatic rings. The molecule has 3 heteroatoms. The summed E-state index contributed by atoms with van der Waals surface area (Å²) < 4.78 is 0. The number of hydrogen-bond acceptors (Lipinski definition) is 2. The molecule has 0 aliphatic carbocycles. The minimum absolute atomic E-state index is 0.0405. The van der Waals surface area contributed by atoms with Gasteiger partial charge in [0.1, 0.15) is 0 Å². The Balaban J connectivity index is 2.02. The Hall–Kier alpha value is -3.17. The summed E-state index contributed by atoms with van der Waals surface area (Å²) in [7, 11) is 0. The van der Waals surface area contributed by atoms with E-state index < -0.39 is 11.6 Å². The largest absolute Gasteiger partial charge is 0.481 e. The maximum Gasteiger partial charge on any atom is 0.307 e. The molecule has 0 saturated heterocycles. The topological polar surface area (TPSA) is 57.5 Å². The van der Waals surface area contributed by atoms with Gasteiger partial charge in [0, 0.05) is 5.41 Å². The number of benzene rings is 3. The second kappa shape index (κ2) is 12.1. The smallest absolute Gasteiger partial charge is 0.307 e. The zero-order valence-corrected chi connectivity index (χ0v) is 24.2. The van der Waals surface area contributed by atoms with E-state index in [1.165, 1.54) is 33.4 Å². The van der Waals surface area contributed by atoms with Gasteiger partial charge in [-0.05, 0) is 96.5 Å². The fraction of sp³-hybridized carbons (Fsp3) is 0.400. The van der Waals surface area contributed by atoms with E-state index in [1.807, 2.05) is 44.2 Å². The van der Waals surface area contributed by atoms with Gasteiger partial charge >= 0.3 is 5.97 Å². The van der Waals surface area contributed by atoms with Crippen LogP contribution in [0.15, 0.2) is 60.7 Å². The van der Waals surface area contributed by atoms with E-state index in [9.17, 15) is 9.90 Å². The highest BCUT2D eigenvalue weighted by Gasteiger charge is 2.32. The SMILES string of the molecule is CCC(O)(/C=C/c1ccc(C(CC)(CC)c2cc(C)c(-c3ccc(CC(=O)O)cc3)c(C)c2)cc1C)CC. The molecule has 0 atom stereocenters. The van der Waals surface area contributed by atoms with E-state index in [-0.39, 0.29) is 11.8 Å². The lowest BCUT2D eigenvalue weighted by molar-refractivity contribution is -0.136. The highest BCUT2D eigenvalue weighted by atomic mass is 16.4. The monoisotopic (exact) mass is 512 g/mol. The lowest BCUT2D eigenvalue weighted by Crippen LogP contribution is -2.26. The number of carboxylic acids is 1. The maximum atomic E-state index is 11.1. The normalized spacial score (nSPS) is 12.3. The summed E-state index contributed by atoms with van der Waals surface area (Å²) >= 11 is 0. The second-order valence-corrected chi connectivity index (χ2v) is 10.8. The predicted octanol–water partition coefficient (Wildman–Crippen LogP) is 8.58. The van der Waals surface area contributed by atoms with Crippen LogP contribution in [0.5, 0.6) is 0 Å². The second-order valence-electron chi connectivity index (χ2n) is 10.8. The Morgan fingerprint density at radius 2 is 1.32 bits per heavy atom. The number of carbonyl (C=O) groups is 1. The Bertz CT molecular complexity index is 1270. The van der Waals surface area contributed by atoms with Gasteiger partial charge in [-0.15, -0.1) is 0 Å². The first-order valence-electron chi connectivity index (χ1n) is 14.0. The van der Waals surface area contributed by atoms with Crippen molar-refractivity contribution < 1.29 is 15.0 Å². The zero-order chi connectivity index (χ0) is 28.1. The third-order valence-corrected chi connectivity index (χ3v) is 8.51. The minimum atomic E-state index is -0.812. The number of aliphatic hydroxyl groups is 1. The van der Waals surface area contributed by atoms with E-state index in [2.05, 4.69) is 71.0 Å². The molecule has 0 aliphatic heterocycles. The predicted molar refractivity (Wildman–Crippen MR) is 160 cm³/mol. The van der Waals surface area contributed by atoms with Crippen LogP contribution in [0, 0.1) is 20.8 Å². The molecule has 3 rings (SSSR count). The van der Waals surface area contributed by atoms with E-state index >= 15 is 0 Å². The van der Waals surface area contributed by atoms with Crippen LogP contribution in [0.2, 0.25) is 0 Å². The average Bonchev–Trinajstić information content (AvgIpc) is 2.89. The number of carboxylic acid groups (broad SMARTS) is 1. The number of aryl methyl sites for hydroxylation is 3. The van der Waals surface area contributed by atoms with Gasteiger partial charge in [0.25, 0.3) is 0 Å². The van der Waals surface area contributed by atoms with Crippen LogP contribution in [0.3, 0.4) is 0 Å². The molecule has 0 amide bonds. The van der Waals surface area contributed by atoms with Crippen LogP contribution in [-0.4, -0.2) is 21.8 Å². The van der Waals surface area contributed by atoms with Crippen molar-refractivity contribution >= 4 is 12.0 Å². The molecule has 38 heavy (non-hydrogen) atoms. The van der Waals surface area contributed by atoms with Gasteiger partial charge in [-0.3, -0.25) is 4.79 Å². The van der Waals surface area contributed by atoms with Crippen LogP contribution in [0.1, 0.15) is 92.3 Å². The van der Waals surface area contributed by atoms with Crippen LogP contribution >= 0.6 is 0 Å². The van der Waals surface area contributed by atoms with Crippen LogP contribution < -0.4 is 0 Å². The van der Waals surface area contributed by atoms with E-state index in [4.69, 9.17) is 5.11 Å². The molecular formula is C35H44O3. The summed E-state index contributed by atoms with van der Waals surface area (Å²) in [5.74, 6) is -0.812. The molecule has 3 nitrogen and oxygen atoms in total. The lowest BCUT2D eigenvalue weighted by atomic mass is 9.69.